The zero-order valence-corrected chi connectivity index (χ0v) is 45.0. The molecular weight excluding hydrogens is 1460 g/mol. The average molecular weight is 1460 g/mol. The lowest BCUT2D eigenvalue weighted by atomic mass is 9.86. The van der Waals surface area contributed by atoms with Gasteiger partial charge < -0.3 is 0 Å². The summed E-state index contributed by atoms with van der Waals surface area (Å²) in [7, 11) is 0. The molecule has 0 spiro atoms. The van der Waals surface area contributed by atoms with Crippen LogP contribution < -0.4 is 0 Å². The topological polar surface area (TPSA) is 0 Å². The summed E-state index contributed by atoms with van der Waals surface area (Å²) < 4.78 is 610. The van der Waals surface area contributed by atoms with Gasteiger partial charge in [0.15, 0.2) is 209 Å². The van der Waals surface area contributed by atoms with E-state index >= 15 is 119 Å². The molecule has 10 aromatic rings. The molecule has 0 heterocycles. The van der Waals surface area contributed by atoms with E-state index in [1.54, 1.807) is 0 Å². The molecule has 10 aromatic carbocycles. The minimum absolute atomic E-state index is 0.709. The molecule has 0 N–H and O–H groups in total. The number of hydrogen-bond acceptors (Lipinski definition) is 0. The molecule has 10 rings (SSSR count). The molecule has 0 aliphatic heterocycles. The van der Waals surface area contributed by atoms with Crippen LogP contribution in [0.1, 0.15) is 0 Å². The van der Waals surface area contributed by atoms with Crippen LogP contribution in [-0.2, 0) is 0 Å². The Balaban J connectivity index is 1.31. The van der Waals surface area contributed by atoms with E-state index in [2.05, 4.69) is 0 Å². The van der Waals surface area contributed by atoms with Gasteiger partial charge in [0, 0.05) is 18.2 Å². The Morgan fingerprint density at radius 3 is 0.222 bits per heavy atom. The van der Waals surface area contributed by atoms with Crippen LogP contribution in [0.15, 0.2) is 18.2 Å². The molecule has 0 radical (unpaired) electrons. The number of halogens is 39. The van der Waals surface area contributed by atoms with Crippen LogP contribution in [0.25, 0.3) is 100 Å². The number of benzene rings is 10. The largest absolute Gasteiger partial charge is 0.205 e. The van der Waals surface area contributed by atoms with E-state index in [0.717, 1.165) is 0 Å². The summed E-state index contributed by atoms with van der Waals surface area (Å²) in [5, 5.41) is 0. The Morgan fingerprint density at radius 1 is 0.0808 bits per heavy atom. The maximum Gasteiger partial charge on any atom is 0.170 e. The first kappa shape index (κ1) is 71.2. The first-order valence-corrected chi connectivity index (χ1v) is 24.9. The maximum absolute atomic E-state index is 17.3. The molecule has 0 aromatic heterocycles. The summed E-state index contributed by atoms with van der Waals surface area (Å²) in [5.41, 5.74) is -59.3. The van der Waals surface area contributed by atoms with Crippen LogP contribution >= 0.6 is 0 Å². The molecule has 0 aliphatic rings. The fourth-order valence-electron chi connectivity index (χ4n) is 10.1. The maximum atomic E-state index is 17.3. The zero-order chi connectivity index (χ0) is 74.0. The van der Waals surface area contributed by atoms with Crippen LogP contribution in [0.3, 0.4) is 0 Å². The highest BCUT2D eigenvalue weighted by Crippen LogP contribution is 2.53. The number of hydrogen-bond donors (Lipinski definition) is 0. The van der Waals surface area contributed by atoms with Gasteiger partial charge in [-0.3, -0.25) is 0 Å². The minimum Gasteiger partial charge on any atom is -0.205 e. The smallest absolute Gasteiger partial charge is 0.170 e. The Bertz CT molecular complexity index is 4570. The highest BCUT2D eigenvalue weighted by Gasteiger charge is 2.46. The highest BCUT2D eigenvalue weighted by molar-refractivity contribution is 5.89. The van der Waals surface area contributed by atoms with Crippen molar-refractivity contribution in [2.24, 2.45) is 0 Å². The first-order valence-electron chi connectivity index (χ1n) is 24.9. The molecular formula is C60H3F39. The molecule has 39 heteroatoms. The van der Waals surface area contributed by atoms with Crippen molar-refractivity contribution in [3.8, 4) is 100 Å². The second-order valence-corrected chi connectivity index (χ2v) is 19.6. The van der Waals surface area contributed by atoms with E-state index in [0.29, 0.717) is 0 Å². The monoisotopic (exact) mass is 1460 g/mol. The Kier molecular flexibility index (Phi) is 17.6. The third-order valence-corrected chi connectivity index (χ3v) is 14.5. The zero-order valence-electron chi connectivity index (χ0n) is 45.0. The molecule has 0 atom stereocenters. The van der Waals surface area contributed by atoms with Crippen LogP contribution in [0.4, 0.5) is 171 Å². The van der Waals surface area contributed by atoms with Gasteiger partial charge in [0.05, 0.1) is 100 Å². The molecule has 99 heavy (non-hydrogen) atoms. The fraction of sp³-hybridized carbons (Fsp3) is 0. The highest BCUT2D eigenvalue weighted by atomic mass is 19.2. The van der Waals surface area contributed by atoms with E-state index in [9.17, 15) is 52.7 Å². The standard InChI is InChI=1S/C60H3F39/c61-4-1-5(62)29(68)10(28(4)67)16-37(76)49(88)22(50(89)38(16)77)25-55(94)43(82)19(44(83)56(25)95)13-34(73)14(20-45(84)57(96)26(58(97)46(20)85)23-51(90)39(78)17(40(79)52(23)91)11-30(69)6(63)2-7(64)31(11)70)36(75)15(35(13)74)21-47(86)59(98)27(60(99)48(21)87)24-53(92)41(80)18(42(81)54(24)93)12-32(71)8(65)3-9(66)33(12)72/h1-3H. The SMILES string of the molecule is Fc1cc(F)c(F)c(-c2c(F)c(F)c(-c3c(F)c(F)c(-c4c(F)c(-c5c(F)c(F)c(-c6c(F)c(F)c(-c7c(F)c(F)cc(F)c7F)c(F)c6F)c(F)c5F)c(F)c(-c5c(F)c(F)c(-c6c(F)c(F)c(-c7c(F)c(F)cc(F)c7F)c(F)c6F)c(F)c5F)c4F)c(F)c3F)c(F)c2F)c1F. The third kappa shape index (κ3) is 9.95. The lowest BCUT2D eigenvalue weighted by Crippen LogP contribution is -2.15. The van der Waals surface area contributed by atoms with E-state index < -0.39 is 345 Å². The van der Waals surface area contributed by atoms with E-state index in [1.807, 2.05) is 0 Å². The van der Waals surface area contributed by atoms with Crippen LogP contribution in [0, 0.1) is 227 Å². The molecule has 0 unspecified atom stereocenters. The quantitative estimate of drug-likeness (QED) is 0.0998. The van der Waals surface area contributed by atoms with Crippen molar-refractivity contribution in [1.82, 2.24) is 0 Å². The molecule has 0 aliphatic carbocycles. The predicted molar refractivity (Wildman–Crippen MR) is 254 cm³/mol. The van der Waals surface area contributed by atoms with E-state index in [4.69, 9.17) is 0 Å². The second-order valence-electron chi connectivity index (χ2n) is 19.6. The Hall–Kier alpha value is -10.5. The molecule has 0 nitrogen and oxygen atoms in total. The molecule has 516 valence electrons. The molecule has 0 fully saturated rings. The number of rotatable bonds is 9. The summed E-state index contributed by atoms with van der Waals surface area (Å²) in [6, 6.07) is -2.13. The molecule has 0 saturated heterocycles. The molecule has 0 bridgehead atoms. The Labute approximate surface area is 515 Å². The summed E-state index contributed by atoms with van der Waals surface area (Å²) in [6.07, 6.45) is 0. The van der Waals surface area contributed by atoms with E-state index in [1.165, 1.54) is 0 Å². The third-order valence-electron chi connectivity index (χ3n) is 14.5. The van der Waals surface area contributed by atoms with E-state index in [-0.39, 0.29) is 0 Å². The van der Waals surface area contributed by atoms with Gasteiger partial charge in [-0.2, -0.15) is 0 Å². The van der Waals surface area contributed by atoms with Crippen LogP contribution in [0.5, 0.6) is 0 Å². The van der Waals surface area contributed by atoms with Gasteiger partial charge in [0.1, 0.15) is 17.5 Å². The average Bonchev–Trinajstić information content (AvgIpc) is 0.716. The fourth-order valence-corrected chi connectivity index (χ4v) is 10.1. The van der Waals surface area contributed by atoms with Gasteiger partial charge in [-0.05, 0) is 0 Å². The van der Waals surface area contributed by atoms with Crippen LogP contribution in [-0.4, -0.2) is 0 Å². The van der Waals surface area contributed by atoms with Crippen LogP contribution in [0.2, 0.25) is 0 Å². The lowest BCUT2D eigenvalue weighted by molar-refractivity contribution is 0.436. The van der Waals surface area contributed by atoms with Crippen molar-refractivity contribution in [1.29, 1.82) is 0 Å². The van der Waals surface area contributed by atoms with Gasteiger partial charge in [0.2, 0.25) is 0 Å². The van der Waals surface area contributed by atoms with Gasteiger partial charge in [0.25, 0.3) is 0 Å². The minimum atomic E-state index is -4.03. The van der Waals surface area contributed by atoms with Crippen molar-refractivity contribution < 1.29 is 171 Å². The van der Waals surface area contributed by atoms with Gasteiger partial charge >= 0.3 is 0 Å². The normalized spacial score (nSPS) is 11.8. The molecule has 0 amide bonds. The summed E-state index contributed by atoms with van der Waals surface area (Å²) >= 11 is 0. The molecule has 0 saturated carbocycles. The Morgan fingerprint density at radius 2 is 0.141 bits per heavy atom. The van der Waals surface area contributed by atoms with Gasteiger partial charge in [-0.15, -0.1) is 0 Å². The van der Waals surface area contributed by atoms with Gasteiger partial charge in [-0.25, -0.2) is 171 Å². The summed E-state index contributed by atoms with van der Waals surface area (Å²) in [6.45, 7) is 0. The summed E-state index contributed by atoms with van der Waals surface area (Å²) in [4.78, 5) is 0. The van der Waals surface area contributed by atoms with Crippen molar-refractivity contribution in [2.75, 3.05) is 0 Å². The van der Waals surface area contributed by atoms with Crippen molar-refractivity contribution in [3.05, 3.63) is 245 Å². The second kappa shape index (κ2) is 24.5. The van der Waals surface area contributed by atoms with Gasteiger partial charge in [-0.1, -0.05) is 0 Å². The van der Waals surface area contributed by atoms with Crippen molar-refractivity contribution in [3.63, 3.8) is 0 Å². The predicted octanol–water partition coefficient (Wildman–Crippen LogP) is 22.1. The first-order chi connectivity index (χ1) is 46.0. The van der Waals surface area contributed by atoms with Crippen molar-refractivity contribution in [2.45, 2.75) is 0 Å². The summed E-state index contributed by atoms with van der Waals surface area (Å²) in [5.74, 6) is -135. The van der Waals surface area contributed by atoms with Crippen molar-refractivity contribution >= 4 is 0 Å². The lowest BCUT2D eigenvalue weighted by Gasteiger charge is -2.22.